The molecule has 0 amide bonds. The summed E-state index contributed by atoms with van der Waals surface area (Å²) >= 11 is 1.86. The molecule has 4 rings (SSSR count). The van der Waals surface area contributed by atoms with Crippen molar-refractivity contribution in [3.63, 3.8) is 0 Å². The summed E-state index contributed by atoms with van der Waals surface area (Å²) in [5, 5.41) is 1.62. The van der Waals surface area contributed by atoms with Crippen LogP contribution in [-0.2, 0) is 6.42 Å². The van der Waals surface area contributed by atoms with Crippen LogP contribution in [0.4, 0.5) is 4.39 Å². The van der Waals surface area contributed by atoms with Gasteiger partial charge in [0.05, 0.1) is 11.0 Å². The molecule has 0 spiro atoms. The van der Waals surface area contributed by atoms with Crippen LogP contribution in [0.2, 0.25) is 0 Å². The Bertz CT molecular complexity index is 807. The van der Waals surface area contributed by atoms with Crippen molar-refractivity contribution in [2.45, 2.75) is 29.7 Å². The molecule has 1 aliphatic rings. The van der Waals surface area contributed by atoms with Crippen LogP contribution in [-0.4, -0.2) is 39.8 Å². The second-order valence-electron chi connectivity index (χ2n) is 6.56. The maximum atomic E-state index is 13.7. The SMILES string of the molecule is Fc1ccccc1CCN1CCC(Sc2nc3ccccc3[nH]2)CC1. The summed E-state index contributed by atoms with van der Waals surface area (Å²) in [6.07, 6.45) is 3.09. The molecule has 0 radical (unpaired) electrons. The van der Waals surface area contributed by atoms with E-state index in [0.717, 1.165) is 60.7 Å². The largest absolute Gasteiger partial charge is 0.333 e. The molecule has 0 unspecified atom stereocenters. The van der Waals surface area contributed by atoms with Gasteiger partial charge in [-0.15, -0.1) is 0 Å². The highest BCUT2D eigenvalue weighted by Crippen LogP contribution is 2.30. The highest BCUT2D eigenvalue weighted by atomic mass is 32.2. The van der Waals surface area contributed by atoms with Crippen molar-refractivity contribution in [3.05, 3.63) is 59.9 Å². The number of aromatic amines is 1. The molecule has 0 bridgehead atoms. The number of halogens is 1. The predicted octanol–water partition coefficient (Wildman–Crippen LogP) is 4.50. The number of H-pyrrole nitrogens is 1. The Balaban J connectivity index is 1.27. The number of hydrogen-bond acceptors (Lipinski definition) is 3. The lowest BCUT2D eigenvalue weighted by molar-refractivity contribution is 0.235. The zero-order chi connectivity index (χ0) is 17.1. The van der Waals surface area contributed by atoms with Gasteiger partial charge in [-0.25, -0.2) is 9.37 Å². The standard InChI is InChI=1S/C20H22FN3S/c21-17-6-2-1-5-15(17)9-12-24-13-10-16(11-14-24)25-20-22-18-7-3-4-8-19(18)23-20/h1-8,16H,9-14H2,(H,22,23). The Kier molecular flexibility index (Phi) is 5.04. The molecule has 0 aliphatic carbocycles. The Morgan fingerprint density at radius 3 is 2.64 bits per heavy atom. The van der Waals surface area contributed by atoms with Gasteiger partial charge in [0.15, 0.2) is 5.16 Å². The van der Waals surface area contributed by atoms with E-state index in [4.69, 9.17) is 0 Å². The van der Waals surface area contributed by atoms with Gasteiger partial charge in [-0.3, -0.25) is 0 Å². The van der Waals surface area contributed by atoms with E-state index in [1.807, 2.05) is 42.1 Å². The Morgan fingerprint density at radius 2 is 1.84 bits per heavy atom. The number of hydrogen-bond donors (Lipinski definition) is 1. The van der Waals surface area contributed by atoms with E-state index < -0.39 is 0 Å². The first-order valence-corrected chi connectivity index (χ1v) is 9.73. The van der Waals surface area contributed by atoms with Crippen molar-refractivity contribution in [2.24, 2.45) is 0 Å². The van der Waals surface area contributed by atoms with E-state index in [9.17, 15) is 4.39 Å². The fourth-order valence-electron chi connectivity index (χ4n) is 3.37. The van der Waals surface area contributed by atoms with E-state index in [1.165, 1.54) is 0 Å². The van der Waals surface area contributed by atoms with Crippen molar-refractivity contribution >= 4 is 22.8 Å². The minimum absolute atomic E-state index is 0.0853. The van der Waals surface area contributed by atoms with Crippen LogP contribution >= 0.6 is 11.8 Å². The van der Waals surface area contributed by atoms with Gasteiger partial charge in [0.25, 0.3) is 0 Å². The predicted molar refractivity (Wildman–Crippen MR) is 102 cm³/mol. The fourth-order valence-corrected chi connectivity index (χ4v) is 4.46. The Hall–Kier alpha value is -1.85. The van der Waals surface area contributed by atoms with Gasteiger partial charge in [-0.05, 0) is 56.1 Å². The van der Waals surface area contributed by atoms with Gasteiger partial charge in [-0.2, -0.15) is 0 Å². The number of likely N-dealkylation sites (tertiary alicyclic amines) is 1. The molecule has 3 aromatic rings. The molecule has 3 nitrogen and oxygen atoms in total. The molecule has 25 heavy (non-hydrogen) atoms. The number of piperidine rings is 1. The third kappa shape index (κ3) is 4.05. The summed E-state index contributed by atoms with van der Waals surface area (Å²) in [6, 6.07) is 15.3. The van der Waals surface area contributed by atoms with Crippen molar-refractivity contribution < 1.29 is 4.39 Å². The van der Waals surface area contributed by atoms with Crippen LogP contribution in [0, 0.1) is 5.82 Å². The lowest BCUT2D eigenvalue weighted by Gasteiger charge is -2.31. The fraction of sp³-hybridized carbons (Fsp3) is 0.350. The number of fused-ring (bicyclic) bond motifs is 1. The number of aromatic nitrogens is 2. The second-order valence-corrected chi connectivity index (χ2v) is 7.85. The number of nitrogens with zero attached hydrogens (tertiary/aromatic N) is 2. The molecule has 1 N–H and O–H groups in total. The average molecular weight is 355 g/mol. The number of thioether (sulfide) groups is 1. The lowest BCUT2D eigenvalue weighted by Crippen LogP contribution is -2.36. The molecule has 1 saturated heterocycles. The summed E-state index contributed by atoms with van der Waals surface area (Å²) in [5.74, 6) is -0.0853. The van der Waals surface area contributed by atoms with Crippen molar-refractivity contribution in [2.75, 3.05) is 19.6 Å². The van der Waals surface area contributed by atoms with Crippen molar-refractivity contribution in [1.29, 1.82) is 0 Å². The molecular formula is C20H22FN3S. The van der Waals surface area contributed by atoms with Crippen LogP contribution in [0.3, 0.4) is 0 Å². The maximum absolute atomic E-state index is 13.7. The van der Waals surface area contributed by atoms with E-state index in [-0.39, 0.29) is 5.82 Å². The van der Waals surface area contributed by atoms with Crippen LogP contribution < -0.4 is 0 Å². The van der Waals surface area contributed by atoms with Gasteiger partial charge in [-0.1, -0.05) is 42.1 Å². The monoisotopic (exact) mass is 355 g/mol. The highest BCUT2D eigenvalue weighted by Gasteiger charge is 2.21. The van der Waals surface area contributed by atoms with Gasteiger partial charge < -0.3 is 9.88 Å². The summed E-state index contributed by atoms with van der Waals surface area (Å²) in [4.78, 5) is 10.5. The van der Waals surface area contributed by atoms with E-state index in [0.29, 0.717) is 5.25 Å². The quantitative estimate of drug-likeness (QED) is 0.731. The van der Waals surface area contributed by atoms with Crippen LogP contribution in [0.25, 0.3) is 11.0 Å². The number of rotatable bonds is 5. The van der Waals surface area contributed by atoms with E-state index >= 15 is 0 Å². The summed E-state index contributed by atoms with van der Waals surface area (Å²) in [7, 11) is 0. The number of imidazole rings is 1. The van der Waals surface area contributed by atoms with Crippen LogP contribution in [0.1, 0.15) is 18.4 Å². The topological polar surface area (TPSA) is 31.9 Å². The first-order valence-electron chi connectivity index (χ1n) is 8.85. The van der Waals surface area contributed by atoms with Gasteiger partial charge >= 0.3 is 0 Å². The molecular weight excluding hydrogens is 333 g/mol. The normalized spacial score (nSPS) is 16.5. The average Bonchev–Trinajstić information content (AvgIpc) is 3.04. The smallest absolute Gasteiger partial charge is 0.166 e. The van der Waals surface area contributed by atoms with Gasteiger partial charge in [0.1, 0.15) is 5.82 Å². The van der Waals surface area contributed by atoms with E-state index in [1.54, 1.807) is 12.1 Å². The van der Waals surface area contributed by atoms with Crippen molar-refractivity contribution in [3.8, 4) is 0 Å². The summed E-state index contributed by atoms with van der Waals surface area (Å²) in [6.45, 7) is 3.08. The summed E-state index contributed by atoms with van der Waals surface area (Å²) < 4.78 is 13.7. The molecule has 0 saturated carbocycles. The molecule has 2 heterocycles. The zero-order valence-corrected chi connectivity index (χ0v) is 14.9. The zero-order valence-electron chi connectivity index (χ0n) is 14.1. The minimum Gasteiger partial charge on any atom is -0.333 e. The van der Waals surface area contributed by atoms with Crippen LogP contribution in [0.15, 0.2) is 53.7 Å². The molecule has 1 aliphatic heterocycles. The van der Waals surface area contributed by atoms with Gasteiger partial charge in [0, 0.05) is 11.8 Å². The molecule has 130 valence electrons. The lowest BCUT2D eigenvalue weighted by atomic mass is 10.1. The molecule has 1 fully saturated rings. The molecule has 2 aromatic carbocycles. The maximum Gasteiger partial charge on any atom is 0.166 e. The first kappa shape index (κ1) is 16.6. The Morgan fingerprint density at radius 1 is 1.08 bits per heavy atom. The summed E-state index contributed by atoms with van der Waals surface area (Å²) in [5.41, 5.74) is 2.96. The highest BCUT2D eigenvalue weighted by molar-refractivity contribution is 7.99. The number of para-hydroxylation sites is 2. The van der Waals surface area contributed by atoms with Crippen molar-refractivity contribution in [1.82, 2.24) is 14.9 Å². The van der Waals surface area contributed by atoms with Crippen LogP contribution in [0.5, 0.6) is 0 Å². The van der Waals surface area contributed by atoms with E-state index in [2.05, 4.69) is 20.9 Å². The number of benzene rings is 2. The molecule has 1 aromatic heterocycles. The second kappa shape index (κ2) is 7.58. The third-order valence-corrected chi connectivity index (χ3v) is 6.06. The third-order valence-electron chi connectivity index (χ3n) is 4.84. The molecule has 5 heteroatoms. The molecule has 0 atom stereocenters. The number of nitrogens with one attached hydrogen (secondary N) is 1. The van der Waals surface area contributed by atoms with Gasteiger partial charge in [0.2, 0.25) is 0 Å². The Labute approximate surface area is 151 Å². The minimum atomic E-state index is -0.0853. The first-order chi connectivity index (χ1) is 12.3.